The fraction of sp³-hybridized carbons (Fsp3) is 0.333. The summed E-state index contributed by atoms with van der Waals surface area (Å²) in [5.41, 5.74) is 6.36. The summed E-state index contributed by atoms with van der Waals surface area (Å²) < 4.78 is 75.2. The molecule has 0 atom stereocenters. The number of alkyl halides is 6. The van der Waals surface area contributed by atoms with Gasteiger partial charge in [0.05, 0.1) is 0 Å². The van der Waals surface area contributed by atoms with Crippen molar-refractivity contribution in [3.8, 4) is 0 Å². The van der Waals surface area contributed by atoms with Crippen LogP contribution in [0.1, 0.15) is 17.2 Å². The number of halogens is 6. The number of hydrogen-bond acceptors (Lipinski definition) is 3. The summed E-state index contributed by atoms with van der Waals surface area (Å²) in [7, 11) is 0. The SMILES string of the molecule is Nc1ccc(Cc2nc(C(F)(F)F)nn2CC(F)(F)F)cc1. The van der Waals surface area contributed by atoms with Crippen LogP contribution >= 0.6 is 0 Å². The minimum Gasteiger partial charge on any atom is -0.399 e. The number of nitrogen functional groups attached to an aromatic ring is 1. The number of anilines is 1. The Labute approximate surface area is 120 Å². The maximum absolute atomic E-state index is 12.6. The van der Waals surface area contributed by atoms with Gasteiger partial charge >= 0.3 is 12.4 Å². The lowest BCUT2D eigenvalue weighted by Gasteiger charge is -2.09. The Bertz CT molecular complexity index is 641. The Kier molecular flexibility index (Phi) is 4.03. The van der Waals surface area contributed by atoms with Crippen molar-refractivity contribution in [1.82, 2.24) is 14.8 Å². The van der Waals surface area contributed by atoms with Crippen LogP contribution in [0.15, 0.2) is 24.3 Å². The highest BCUT2D eigenvalue weighted by atomic mass is 19.4. The summed E-state index contributed by atoms with van der Waals surface area (Å²) in [5, 5.41) is 2.92. The van der Waals surface area contributed by atoms with Gasteiger partial charge in [0.15, 0.2) is 0 Å². The molecule has 0 aliphatic carbocycles. The van der Waals surface area contributed by atoms with E-state index < -0.39 is 30.5 Å². The highest BCUT2D eigenvalue weighted by Gasteiger charge is 2.38. The lowest BCUT2D eigenvalue weighted by Crippen LogP contribution is -2.21. The molecule has 0 bridgehead atoms. The monoisotopic (exact) mass is 324 g/mol. The quantitative estimate of drug-likeness (QED) is 0.697. The normalized spacial score (nSPS) is 12.6. The lowest BCUT2D eigenvalue weighted by molar-refractivity contribution is -0.150. The standard InChI is InChI=1S/C12H10F6N4/c13-11(14,15)6-22-9(20-10(21-22)12(16,17)18)5-7-1-3-8(19)4-2-7/h1-4H,5-6,19H2. The van der Waals surface area contributed by atoms with E-state index in [0.717, 1.165) is 0 Å². The van der Waals surface area contributed by atoms with Gasteiger partial charge in [-0.1, -0.05) is 12.1 Å². The number of nitrogens with zero attached hydrogens (tertiary/aromatic N) is 3. The first-order chi connectivity index (χ1) is 10.0. The predicted octanol–water partition coefficient (Wildman–Crippen LogP) is 3.03. The molecule has 0 unspecified atom stereocenters. The van der Waals surface area contributed by atoms with E-state index in [9.17, 15) is 26.3 Å². The Hall–Kier alpha value is -2.26. The summed E-state index contributed by atoms with van der Waals surface area (Å²) in [6, 6.07) is 5.97. The fourth-order valence-corrected chi connectivity index (χ4v) is 1.74. The van der Waals surface area contributed by atoms with Crippen LogP contribution in [0, 0.1) is 0 Å². The van der Waals surface area contributed by atoms with Gasteiger partial charge in [-0.25, -0.2) is 9.67 Å². The van der Waals surface area contributed by atoms with Crippen molar-refractivity contribution < 1.29 is 26.3 Å². The van der Waals surface area contributed by atoms with Crippen LogP contribution in [0.25, 0.3) is 0 Å². The van der Waals surface area contributed by atoms with Crippen molar-refractivity contribution in [3.05, 3.63) is 41.5 Å². The molecule has 0 spiro atoms. The molecule has 1 heterocycles. The van der Waals surface area contributed by atoms with Gasteiger partial charge in [-0.2, -0.15) is 26.3 Å². The third kappa shape index (κ3) is 4.12. The molecule has 0 saturated carbocycles. The smallest absolute Gasteiger partial charge is 0.399 e. The minimum absolute atomic E-state index is 0.221. The van der Waals surface area contributed by atoms with Crippen molar-refractivity contribution in [2.45, 2.75) is 25.3 Å². The average Bonchev–Trinajstić information content (AvgIpc) is 2.73. The fourth-order valence-electron chi connectivity index (χ4n) is 1.74. The van der Waals surface area contributed by atoms with Gasteiger partial charge in [-0.3, -0.25) is 0 Å². The first-order valence-electron chi connectivity index (χ1n) is 5.97. The van der Waals surface area contributed by atoms with Crippen LogP contribution in [0.4, 0.5) is 32.0 Å². The molecule has 0 amide bonds. The zero-order valence-corrected chi connectivity index (χ0v) is 10.9. The van der Waals surface area contributed by atoms with E-state index in [0.29, 0.717) is 11.3 Å². The molecule has 10 heteroatoms. The predicted molar refractivity (Wildman–Crippen MR) is 64.7 cm³/mol. The van der Waals surface area contributed by atoms with Crippen LogP contribution in [-0.2, 0) is 19.1 Å². The first-order valence-corrected chi connectivity index (χ1v) is 5.97. The van der Waals surface area contributed by atoms with Gasteiger partial charge in [0.25, 0.3) is 5.82 Å². The molecule has 2 aromatic rings. The van der Waals surface area contributed by atoms with Crippen molar-refractivity contribution >= 4 is 5.69 Å². The van der Waals surface area contributed by atoms with E-state index in [-0.39, 0.29) is 11.1 Å². The molecule has 0 saturated heterocycles. The molecule has 0 aliphatic heterocycles. The summed E-state index contributed by atoms with van der Waals surface area (Å²) >= 11 is 0. The zero-order chi connectivity index (χ0) is 16.5. The van der Waals surface area contributed by atoms with Gasteiger partial charge in [-0.15, -0.1) is 5.10 Å². The van der Waals surface area contributed by atoms with Crippen LogP contribution in [0.3, 0.4) is 0 Å². The summed E-state index contributed by atoms with van der Waals surface area (Å²) in [5.74, 6) is -2.02. The number of benzene rings is 1. The first kappa shape index (κ1) is 16.1. The van der Waals surface area contributed by atoms with Gasteiger partial charge in [0.2, 0.25) is 0 Å². The van der Waals surface area contributed by atoms with Gasteiger partial charge in [0.1, 0.15) is 12.4 Å². The number of rotatable bonds is 3. The third-order valence-electron chi connectivity index (χ3n) is 2.67. The van der Waals surface area contributed by atoms with Gasteiger partial charge in [-0.05, 0) is 17.7 Å². The molecule has 4 nitrogen and oxygen atoms in total. The van der Waals surface area contributed by atoms with Crippen LogP contribution in [0.2, 0.25) is 0 Å². The molecule has 22 heavy (non-hydrogen) atoms. The van der Waals surface area contributed by atoms with Crippen LogP contribution < -0.4 is 5.73 Å². The largest absolute Gasteiger partial charge is 0.453 e. The lowest BCUT2D eigenvalue weighted by atomic mass is 10.1. The van der Waals surface area contributed by atoms with Crippen LogP contribution in [-0.4, -0.2) is 20.9 Å². The van der Waals surface area contributed by atoms with Crippen LogP contribution in [0.5, 0.6) is 0 Å². The Morgan fingerprint density at radius 2 is 1.59 bits per heavy atom. The van der Waals surface area contributed by atoms with Crippen molar-refractivity contribution in [3.63, 3.8) is 0 Å². The van der Waals surface area contributed by atoms with E-state index in [4.69, 9.17) is 5.73 Å². The molecule has 2 N–H and O–H groups in total. The molecule has 0 fully saturated rings. The molecule has 2 rings (SSSR count). The molecule has 1 aromatic carbocycles. The Morgan fingerprint density at radius 3 is 2.09 bits per heavy atom. The third-order valence-corrected chi connectivity index (χ3v) is 2.67. The van der Waals surface area contributed by atoms with Crippen molar-refractivity contribution in [1.29, 1.82) is 0 Å². The number of hydrogen-bond donors (Lipinski definition) is 1. The molecular weight excluding hydrogens is 314 g/mol. The average molecular weight is 324 g/mol. The van der Waals surface area contributed by atoms with E-state index in [1.54, 1.807) is 0 Å². The van der Waals surface area contributed by atoms with E-state index in [1.807, 2.05) is 0 Å². The molecule has 1 aromatic heterocycles. The van der Waals surface area contributed by atoms with Gasteiger partial charge < -0.3 is 5.73 Å². The Balaban J connectivity index is 2.35. The van der Waals surface area contributed by atoms with E-state index in [2.05, 4.69) is 10.1 Å². The summed E-state index contributed by atoms with van der Waals surface area (Å²) in [4.78, 5) is 3.18. The molecule has 0 radical (unpaired) electrons. The highest BCUT2D eigenvalue weighted by Crippen LogP contribution is 2.28. The van der Waals surface area contributed by atoms with E-state index >= 15 is 0 Å². The highest BCUT2D eigenvalue weighted by molar-refractivity contribution is 5.39. The number of nitrogens with two attached hydrogens (primary N) is 1. The maximum atomic E-state index is 12.6. The minimum atomic E-state index is -4.91. The second-order valence-electron chi connectivity index (χ2n) is 4.54. The van der Waals surface area contributed by atoms with Crippen molar-refractivity contribution in [2.24, 2.45) is 0 Å². The second-order valence-corrected chi connectivity index (χ2v) is 4.54. The molecule has 120 valence electrons. The summed E-state index contributed by atoms with van der Waals surface area (Å²) in [6.45, 7) is -1.64. The van der Waals surface area contributed by atoms with E-state index in [1.165, 1.54) is 24.3 Å². The van der Waals surface area contributed by atoms with Crippen molar-refractivity contribution in [2.75, 3.05) is 5.73 Å². The topological polar surface area (TPSA) is 56.7 Å². The molecular formula is C12H10F6N4. The second kappa shape index (κ2) is 5.50. The zero-order valence-electron chi connectivity index (χ0n) is 10.9. The Morgan fingerprint density at radius 1 is 1.00 bits per heavy atom. The molecule has 0 aliphatic rings. The van der Waals surface area contributed by atoms with Gasteiger partial charge in [0, 0.05) is 12.1 Å². The number of aromatic nitrogens is 3. The maximum Gasteiger partial charge on any atom is 0.453 e. The summed E-state index contributed by atoms with van der Waals surface area (Å²) in [6.07, 6.45) is -9.83.